The van der Waals surface area contributed by atoms with Gasteiger partial charge in [0.05, 0.1) is 22.4 Å². The number of ether oxygens (including phenoxy) is 1. The first-order chi connectivity index (χ1) is 11.2. The summed E-state index contributed by atoms with van der Waals surface area (Å²) in [6.45, 7) is 3.76. The van der Waals surface area contributed by atoms with Crippen molar-refractivity contribution in [1.29, 1.82) is 0 Å². The van der Waals surface area contributed by atoms with Gasteiger partial charge in [-0.25, -0.2) is 0 Å². The summed E-state index contributed by atoms with van der Waals surface area (Å²) in [4.78, 5) is 12.1. The van der Waals surface area contributed by atoms with Gasteiger partial charge in [-0.15, -0.1) is 0 Å². The Hall–Kier alpha value is -2.21. The van der Waals surface area contributed by atoms with Gasteiger partial charge >= 0.3 is 6.18 Å². The van der Waals surface area contributed by atoms with Crippen molar-refractivity contribution in [1.82, 2.24) is 0 Å². The Morgan fingerprint density at radius 1 is 1.12 bits per heavy atom. The first-order valence-electron chi connectivity index (χ1n) is 7.11. The molecule has 24 heavy (non-hydrogen) atoms. The van der Waals surface area contributed by atoms with Crippen LogP contribution in [0.4, 0.5) is 18.9 Å². The number of carbonyl (C=O) groups is 1. The molecule has 3 nitrogen and oxygen atoms in total. The molecule has 0 bridgehead atoms. The number of benzene rings is 2. The fraction of sp³-hybridized carbons (Fsp3) is 0.235. The second-order valence-corrected chi connectivity index (χ2v) is 5.74. The molecule has 128 valence electrons. The summed E-state index contributed by atoms with van der Waals surface area (Å²) in [7, 11) is 0. The normalized spacial score (nSPS) is 11.5. The van der Waals surface area contributed by atoms with Crippen molar-refractivity contribution in [2.75, 3.05) is 5.32 Å². The van der Waals surface area contributed by atoms with E-state index in [2.05, 4.69) is 5.32 Å². The maximum atomic E-state index is 12.6. The van der Waals surface area contributed by atoms with Gasteiger partial charge in [0, 0.05) is 5.56 Å². The lowest BCUT2D eigenvalue weighted by Gasteiger charge is -2.12. The van der Waals surface area contributed by atoms with E-state index in [0.717, 1.165) is 18.2 Å². The van der Waals surface area contributed by atoms with Gasteiger partial charge in [0.2, 0.25) is 0 Å². The van der Waals surface area contributed by atoms with Gasteiger partial charge in [-0.1, -0.05) is 11.6 Å². The zero-order chi connectivity index (χ0) is 17.9. The van der Waals surface area contributed by atoms with Gasteiger partial charge in [-0.3, -0.25) is 4.79 Å². The molecule has 0 spiro atoms. The van der Waals surface area contributed by atoms with Crippen LogP contribution in [0.2, 0.25) is 5.02 Å². The third kappa shape index (κ3) is 4.64. The number of hydrogen-bond acceptors (Lipinski definition) is 2. The molecule has 0 saturated carbocycles. The largest absolute Gasteiger partial charge is 0.491 e. The van der Waals surface area contributed by atoms with Crippen molar-refractivity contribution in [2.24, 2.45) is 0 Å². The standard InChI is InChI=1S/C17H15ClF3NO2/c1-10(2)24-13-6-3-11(4-7-13)16(23)22-15-8-5-12(9-14(15)18)17(19,20)21/h3-10H,1-2H3,(H,22,23). The molecule has 1 N–H and O–H groups in total. The lowest BCUT2D eigenvalue weighted by atomic mass is 10.1. The molecule has 0 atom stereocenters. The molecule has 2 aromatic rings. The summed E-state index contributed by atoms with van der Waals surface area (Å²) < 4.78 is 43.3. The molecule has 2 aromatic carbocycles. The monoisotopic (exact) mass is 357 g/mol. The number of alkyl halides is 3. The van der Waals surface area contributed by atoms with Gasteiger partial charge in [-0.2, -0.15) is 13.2 Å². The van der Waals surface area contributed by atoms with E-state index in [-0.39, 0.29) is 16.8 Å². The molecule has 0 heterocycles. The predicted molar refractivity (Wildman–Crippen MR) is 86.6 cm³/mol. The van der Waals surface area contributed by atoms with E-state index in [1.807, 2.05) is 13.8 Å². The van der Waals surface area contributed by atoms with Gasteiger partial charge in [0.25, 0.3) is 5.91 Å². The van der Waals surface area contributed by atoms with E-state index in [1.165, 1.54) is 0 Å². The number of anilines is 1. The van der Waals surface area contributed by atoms with E-state index in [9.17, 15) is 18.0 Å². The molecule has 0 unspecified atom stereocenters. The highest BCUT2D eigenvalue weighted by atomic mass is 35.5. The van der Waals surface area contributed by atoms with Crippen LogP contribution >= 0.6 is 11.6 Å². The second-order valence-electron chi connectivity index (χ2n) is 5.34. The van der Waals surface area contributed by atoms with Crippen LogP contribution in [0.25, 0.3) is 0 Å². The maximum absolute atomic E-state index is 12.6. The smallest absolute Gasteiger partial charge is 0.416 e. The zero-order valence-electron chi connectivity index (χ0n) is 12.9. The molecule has 0 radical (unpaired) electrons. The number of halogens is 4. The minimum atomic E-state index is -4.49. The number of hydrogen-bond donors (Lipinski definition) is 1. The van der Waals surface area contributed by atoms with Crippen LogP contribution in [0.1, 0.15) is 29.8 Å². The lowest BCUT2D eigenvalue weighted by molar-refractivity contribution is -0.137. The van der Waals surface area contributed by atoms with Crippen LogP contribution in [-0.2, 0) is 6.18 Å². The fourth-order valence-corrected chi connectivity index (χ4v) is 2.17. The zero-order valence-corrected chi connectivity index (χ0v) is 13.7. The number of amides is 1. The van der Waals surface area contributed by atoms with Crippen LogP contribution in [0, 0.1) is 0 Å². The molecular weight excluding hydrogens is 343 g/mol. The molecule has 0 aliphatic rings. The Bertz CT molecular complexity index is 728. The van der Waals surface area contributed by atoms with Crippen LogP contribution < -0.4 is 10.1 Å². The summed E-state index contributed by atoms with van der Waals surface area (Å²) in [5.41, 5.74) is -0.431. The highest BCUT2D eigenvalue weighted by Gasteiger charge is 2.31. The highest BCUT2D eigenvalue weighted by molar-refractivity contribution is 6.34. The molecule has 1 amide bonds. The van der Waals surface area contributed by atoms with Crippen molar-refractivity contribution in [3.8, 4) is 5.75 Å². The molecule has 0 aromatic heterocycles. The minimum absolute atomic E-state index is 0.00984. The first kappa shape index (κ1) is 18.1. The number of nitrogens with one attached hydrogen (secondary N) is 1. The second kappa shape index (κ2) is 7.13. The molecule has 0 aliphatic carbocycles. The highest BCUT2D eigenvalue weighted by Crippen LogP contribution is 2.33. The van der Waals surface area contributed by atoms with Crippen molar-refractivity contribution in [3.63, 3.8) is 0 Å². The van der Waals surface area contributed by atoms with Crippen molar-refractivity contribution < 1.29 is 22.7 Å². The van der Waals surface area contributed by atoms with E-state index < -0.39 is 17.6 Å². The summed E-state index contributed by atoms with van der Waals surface area (Å²) in [6, 6.07) is 9.17. The molecular formula is C17H15ClF3NO2. The van der Waals surface area contributed by atoms with Crippen LogP contribution in [0.3, 0.4) is 0 Å². The Morgan fingerprint density at radius 3 is 2.25 bits per heavy atom. The Labute approximate surface area is 142 Å². The number of carbonyl (C=O) groups excluding carboxylic acids is 1. The molecule has 0 saturated heterocycles. The predicted octanol–water partition coefficient (Wildman–Crippen LogP) is 5.40. The molecule has 7 heteroatoms. The average Bonchev–Trinajstić information content (AvgIpc) is 2.48. The first-order valence-corrected chi connectivity index (χ1v) is 7.49. The summed E-state index contributed by atoms with van der Waals surface area (Å²) in [6.07, 6.45) is -4.48. The fourth-order valence-electron chi connectivity index (χ4n) is 1.94. The molecule has 0 aliphatic heterocycles. The van der Waals surface area contributed by atoms with E-state index in [1.54, 1.807) is 24.3 Å². The van der Waals surface area contributed by atoms with E-state index in [0.29, 0.717) is 11.3 Å². The van der Waals surface area contributed by atoms with Gasteiger partial charge in [0.15, 0.2) is 0 Å². The van der Waals surface area contributed by atoms with E-state index >= 15 is 0 Å². The minimum Gasteiger partial charge on any atom is -0.491 e. The van der Waals surface area contributed by atoms with Crippen LogP contribution in [0.15, 0.2) is 42.5 Å². The van der Waals surface area contributed by atoms with Crippen molar-refractivity contribution in [3.05, 3.63) is 58.6 Å². The van der Waals surface area contributed by atoms with E-state index in [4.69, 9.17) is 16.3 Å². The molecule has 2 rings (SSSR count). The lowest BCUT2D eigenvalue weighted by Crippen LogP contribution is -2.13. The SMILES string of the molecule is CC(C)Oc1ccc(C(=O)Nc2ccc(C(F)(F)F)cc2Cl)cc1. The van der Waals surface area contributed by atoms with Crippen molar-refractivity contribution in [2.45, 2.75) is 26.1 Å². The van der Waals surface area contributed by atoms with Gasteiger partial charge in [-0.05, 0) is 56.3 Å². The molecule has 0 fully saturated rings. The Balaban J connectivity index is 2.12. The third-order valence-electron chi connectivity index (χ3n) is 3.03. The van der Waals surface area contributed by atoms with Gasteiger partial charge < -0.3 is 10.1 Å². The summed E-state index contributed by atoms with van der Waals surface area (Å²) in [5, 5.41) is 2.30. The topological polar surface area (TPSA) is 38.3 Å². The van der Waals surface area contributed by atoms with Crippen LogP contribution in [0.5, 0.6) is 5.75 Å². The summed E-state index contributed by atoms with van der Waals surface area (Å²) in [5.74, 6) is 0.141. The Morgan fingerprint density at radius 2 is 1.75 bits per heavy atom. The maximum Gasteiger partial charge on any atom is 0.416 e. The van der Waals surface area contributed by atoms with Gasteiger partial charge in [0.1, 0.15) is 5.75 Å². The van der Waals surface area contributed by atoms with Crippen molar-refractivity contribution >= 4 is 23.2 Å². The third-order valence-corrected chi connectivity index (χ3v) is 3.35. The van der Waals surface area contributed by atoms with Crippen LogP contribution in [-0.4, -0.2) is 12.0 Å². The quantitative estimate of drug-likeness (QED) is 0.795. The Kier molecular flexibility index (Phi) is 5.39. The summed E-state index contributed by atoms with van der Waals surface area (Å²) >= 11 is 5.81. The average molecular weight is 358 g/mol. The number of rotatable bonds is 4.